The summed E-state index contributed by atoms with van der Waals surface area (Å²) in [7, 11) is 0. The molecule has 8 heteroatoms. The Morgan fingerprint density at radius 1 is 1.45 bits per heavy atom. The number of alkyl halides is 3. The molecule has 1 aromatic heterocycles. The first-order chi connectivity index (χ1) is 9.29. The molecule has 0 spiro atoms. The highest BCUT2D eigenvalue weighted by atomic mass is 19.4. The van der Waals surface area contributed by atoms with E-state index < -0.39 is 29.2 Å². The first-order valence-electron chi connectivity index (χ1n) is 5.47. The number of nitrogens with zero attached hydrogens (tertiary/aromatic N) is 1. The largest absolute Gasteiger partial charge is 0.504 e. The number of halogens is 3. The third-order valence-corrected chi connectivity index (χ3v) is 2.16. The summed E-state index contributed by atoms with van der Waals surface area (Å²) in [5.74, 6) is -3.61. The number of pyridine rings is 1. The molecule has 0 saturated heterocycles. The monoisotopic (exact) mass is 288 g/mol. The van der Waals surface area contributed by atoms with Crippen LogP contribution in [0.4, 0.5) is 13.2 Å². The van der Waals surface area contributed by atoms with Crippen LogP contribution in [-0.2, 0) is 9.53 Å². The maximum atomic E-state index is 12.5. The molecule has 0 unspecified atom stereocenters. The molecular weight excluding hydrogens is 277 g/mol. The molecule has 0 saturated carbocycles. The van der Waals surface area contributed by atoms with Gasteiger partial charge in [-0.2, -0.15) is 13.2 Å². The summed E-state index contributed by atoms with van der Waals surface area (Å²) in [6.45, 7) is 1.20. The van der Waals surface area contributed by atoms with Crippen molar-refractivity contribution in [3.63, 3.8) is 0 Å². The van der Waals surface area contributed by atoms with Crippen LogP contribution in [0.2, 0.25) is 0 Å². The molecule has 2 N–H and O–H groups in total. The molecule has 1 aromatic rings. The zero-order chi connectivity index (χ0) is 15.3. The Kier molecular flexibility index (Phi) is 4.84. The van der Waals surface area contributed by atoms with Crippen LogP contribution < -0.4 is 0 Å². The van der Waals surface area contributed by atoms with E-state index >= 15 is 0 Å². The summed E-state index contributed by atoms with van der Waals surface area (Å²) in [6.07, 6.45) is -3.92. The molecule has 0 amide bonds. The fourth-order valence-corrected chi connectivity index (χ4v) is 1.30. The molecule has 5 nitrogen and oxygen atoms in total. The Bertz CT molecular complexity index is 539. The summed E-state index contributed by atoms with van der Waals surface area (Å²) in [5.41, 5.74) is -2.32. The van der Waals surface area contributed by atoms with E-state index in [0.29, 0.717) is 0 Å². The van der Waals surface area contributed by atoms with Gasteiger partial charge in [-0.1, -0.05) is 6.07 Å². The molecule has 1 heterocycles. The average molecular weight is 288 g/mol. The average Bonchev–Trinajstić information content (AvgIpc) is 2.39. The van der Waals surface area contributed by atoms with E-state index in [0.717, 1.165) is 0 Å². The van der Waals surface area contributed by atoms with Crippen LogP contribution in [0.3, 0.4) is 0 Å². The van der Waals surface area contributed by atoms with Gasteiger partial charge in [-0.05, 0) is 19.1 Å². The van der Waals surface area contributed by atoms with Crippen molar-refractivity contribution in [2.75, 3.05) is 6.61 Å². The zero-order valence-electron chi connectivity index (χ0n) is 10.4. The second kappa shape index (κ2) is 6.18. The van der Waals surface area contributed by atoms with Gasteiger partial charge in [0.25, 0.3) is 0 Å². The lowest BCUT2D eigenvalue weighted by Crippen LogP contribution is -2.25. The van der Waals surface area contributed by atoms with E-state index in [1.54, 1.807) is 0 Å². The number of aliphatic hydroxyl groups excluding tert-OH is 1. The summed E-state index contributed by atoms with van der Waals surface area (Å²) in [6, 6.07) is 4.17. The lowest BCUT2D eigenvalue weighted by atomic mass is 10.1. The molecule has 20 heavy (non-hydrogen) atoms. The Balaban J connectivity index is 3.33. The number of carbonyl (C=O) groups is 1. The van der Waals surface area contributed by atoms with Crippen LogP contribution in [0.25, 0.3) is 0 Å². The van der Waals surface area contributed by atoms with Crippen molar-refractivity contribution in [1.29, 1.82) is 5.41 Å². The zero-order valence-corrected chi connectivity index (χ0v) is 10.4. The Labute approximate surface area is 112 Å². The van der Waals surface area contributed by atoms with Crippen LogP contribution in [-0.4, -0.2) is 34.6 Å². The van der Waals surface area contributed by atoms with Gasteiger partial charge in [0.2, 0.25) is 5.76 Å². The highest BCUT2D eigenvalue weighted by Gasteiger charge is 2.40. The van der Waals surface area contributed by atoms with Crippen LogP contribution in [0, 0.1) is 5.41 Å². The Morgan fingerprint density at radius 3 is 2.55 bits per heavy atom. The molecule has 0 fully saturated rings. The number of hydrogen-bond acceptors (Lipinski definition) is 5. The van der Waals surface area contributed by atoms with Gasteiger partial charge >= 0.3 is 12.1 Å². The number of allylic oxidation sites excluding steroid dienone is 1. The predicted molar refractivity (Wildman–Crippen MR) is 63.4 cm³/mol. The van der Waals surface area contributed by atoms with Crippen molar-refractivity contribution >= 4 is 11.7 Å². The van der Waals surface area contributed by atoms with Crippen molar-refractivity contribution in [2.24, 2.45) is 0 Å². The Morgan fingerprint density at radius 2 is 2.10 bits per heavy atom. The van der Waals surface area contributed by atoms with Crippen molar-refractivity contribution in [3.8, 4) is 0 Å². The molecule has 108 valence electrons. The fourth-order valence-electron chi connectivity index (χ4n) is 1.30. The minimum atomic E-state index is -5.16. The van der Waals surface area contributed by atoms with E-state index in [4.69, 9.17) is 10.5 Å². The van der Waals surface area contributed by atoms with Gasteiger partial charge in [0, 0.05) is 6.20 Å². The Hall–Kier alpha value is -2.38. The summed E-state index contributed by atoms with van der Waals surface area (Å²) < 4.78 is 42.1. The highest BCUT2D eigenvalue weighted by Crippen LogP contribution is 2.27. The topological polar surface area (TPSA) is 83.3 Å². The van der Waals surface area contributed by atoms with E-state index in [1.165, 1.54) is 31.3 Å². The van der Waals surface area contributed by atoms with E-state index in [1.807, 2.05) is 0 Å². The summed E-state index contributed by atoms with van der Waals surface area (Å²) in [5, 5.41) is 16.8. The molecular formula is C12H11F3N2O3. The molecule has 0 aliphatic rings. The normalized spacial score (nSPS) is 12.6. The number of ether oxygens (including phenoxy) is 1. The van der Waals surface area contributed by atoms with Crippen LogP contribution in [0.5, 0.6) is 0 Å². The van der Waals surface area contributed by atoms with Gasteiger partial charge in [0.05, 0.1) is 18.0 Å². The van der Waals surface area contributed by atoms with Gasteiger partial charge in [0.15, 0.2) is 0 Å². The fraction of sp³-hybridized carbons (Fsp3) is 0.250. The van der Waals surface area contributed by atoms with Crippen LogP contribution in [0.15, 0.2) is 35.7 Å². The number of esters is 1. The van der Waals surface area contributed by atoms with E-state index in [9.17, 15) is 18.0 Å². The third-order valence-electron chi connectivity index (χ3n) is 2.16. The number of carbonyl (C=O) groups excluding carboxylic acids is 1. The van der Waals surface area contributed by atoms with Crippen molar-refractivity contribution in [1.82, 2.24) is 4.98 Å². The first-order valence-corrected chi connectivity index (χ1v) is 5.47. The van der Waals surface area contributed by atoms with E-state index in [2.05, 4.69) is 9.72 Å². The lowest BCUT2D eigenvalue weighted by Gasteiger charge is -2.12. The van der Waals surface area contributed by atoms with Crippen molar-refractivity contribution < 1.29 is 27.8 Å². The molecule has 0 radical (unpaired) electrons. The number of aromatic nitrogens is 1. The van der Waals surface area contributed by atoms with E-state index in [-0.39, 0.29) is 12.3 Å². The molecule has 0 aliphatic heterocycles. The van der Waals surface area contributed by atoms with Gasteiger partial charge in [-0.15, -0.1) is 0 Å². The molecule has 0 bridgehead atoms. The molecule has 1 rings (SSSR count). The minimum Gasteiger partial charge on any atom is -0.504 e. The van der Waals surface area contributed by atoms with Gasteiger partial charge in [-0.3, -0.25) is 10.4 Å². The first kappa shape index (κ1) is 15.7. The second-order valence-corrected chi connectivity index (χ2v) is 3.53. The minimum absolute atomic E-state index is 0.189. The number of nitrogens with one attached hydrogen (secondary N) is 1. The van der Waals surface area contributed by atoms with Crippen molar-refractivity contribution in [2.45, 2.75) is 13.1 Å². The standard InChI is InChI=1S/C12H11F3N2O3/c1-2-20-11(19)8(10(18)12(13,14)15)9(16)7-5-3-4-6-17-7/h3-6,16,18H,2H2,1H3/b10-8+,16-9?. The summed E-state index contributed by atoms with van der Waals surface area (Å²) >= 11 is 0. The summed E-state index contributed by atoms with van der Waals surface area (Å²) in [4.78, 5) is 15.2. The van der Waals surface area contributed by atoms with Crippen LogP contribution >= 0.6 is 0 Å². The quantitative estimate of drug-likeness (QED) is 0.385. The van der Waals surface area contributed by atoms with Gasteiger partial charge < -0.3 is 9.84 Å². The molecule has 0 aromatic carbocycles. The van der Waals surface area contributed by atoms with Gasteiger partial charge in [0.1, 0.15) is 5.57 Å². The van der Waals surface area contributed by atoms with Gasteiger partial charge in [-0.25, -0.2) is 4.79 Å². The number of aliphatic hydroxyl groups is 1. The lowest BCUT2D eigenvalue weighted by molar-refractivity contribution is -0.141. The highest BCUT2D eigenvalue weighted by molar-refractivity contribution is 6.25. The predicted octanol–water partition coefficient (Wildman–Crippen LogP) is 2.39. The third kappa shape index (κ3) is 3.56. The van der Waals surface area contributed by atoms with Crippen LogP contribution in [0.1, 0.15) is 12.6 Å². The molecule has 0 aliphatic carbocycles. The maximum absolute atomic E-state index is 12.5. The smallest absolute Gasteiger partial charge is 0.449 e. The number of hydrogen-bond donors (Lipinski definition) is 2. The SMILES string of the molecule is CCOC(=O)/C(C(=N)c1ccccn1)=C(/O)C(F)(F)F. The second-order valence-electron chi connectivity index (χ2n) is 3.53. The maximum Gasteiger partial charge on any atom is 0.449 e. The molecule has 0 atom stereocenters. The number of rotatable bonds is 4. The van der Waals surface area contributed by atoms with Crippen molar-refractivity contribution in [3.05, 3.63) is 41.4 Å².